The molecule has 1 saturated heterocycles. The highest BCUT2D eigenvalue weighted by atomic mass is 32.2. The lowest BCUT2D eigenvalue weighted by atomic mass is 10.4. The minimum Gasteiger partial charge on any atom is -0.398 e. The third kappa shape index (κ3) is 2.16. The molecule has 0 aromatic carbocycles. The Kier molecular flexibility index (Phi) is 3.36. The van der Waals surface area contributed by atoms with Gasteiger partial charge in [0.15, 0.2) is 0 Å². The van der Waals surface area contributed by atoms with Crippen LogP contribution in [0.4, 0.5) is 5.69 Å². The zero-order valence-electron chi connectivity index (χ0n) is 8.67. The van der Waals surface area contributed by atoms with Gasteiger partial charge < -0.3 is 5.73 Å². The van der Waals surface area contributed by atoms with Crippen LogP contribution in [0.15, 0.2) is 23.4 Å². The number of hydrogen-bond donors (Lipinski definition) is 1. The van der Waals surface area contributed by atoms with E-state index in [1.165, 1.54) is 22.8 Å². The first-order chi connectivity index (χ1) is 7.62. The van der Waals surface area contributed by atoms with Crippen molar-refractivity contribution in [2.24, 2.45) is 0 Å². The number of nitrogen functional groups attached to an aromatic ring is 1. The van der Waals surface area contributed by atoms with Gasteiger partial charge in [-0.05, 0) is 6.07 Å². The molecule has 1 aromatic heterocycles. The standard InChI is InChI=1S/C9H13N3O2S2/c10-8-1-2-11-7-9(8)16(13,14)12-3-5-15-6-4-12/h1-2,7H,3-6H2,(H2,10,11). The zero-order valence-corrected chi connectivity index (χ0v) is 10.3. The molecule has 0 amide bonds. The lowest BCUT2D eigenvalue weighted by molar-refractivity contribution is 0.443. The molecule has 0 radical (unpaired) electrons. The van der Waals surface area contributed by atoms with Crippen LogP contribution in [-0.2, 0) is 10.0 Å². The summed E-state index contributed by atoms with van der Waals surface area (Å²) in [6.45, 7) is 1.09. The third-order valence-electron chi connectivity index (χ3n) is 2.40. The maximum Gasteiger partial charge on any atom is 0.246 e. The van der Waals surface area contributed by atoms with E-state index in [4.69, 9.17) is 5.73 Å². The van der Waals surface area contributed by atoms with Gasteiger partial charge in [-0.25, -0.2) is 8.42 Å². The van der Waals surface area contributed by atoms with Crippen LogP contribution in [0, 0.1) is 0 Å². The molecule has 1 aromatic rings. The van der Waals surface area contributed by atoms with Crippen LogP contribution in [0.25, 0.3) is 0 Å². The highest BCUT2D eigenvalue weighted by Gasteiger charge is 2.27. The number of nitrogens with two attached hydrogens (primary N) is 1. The molecule has 0 unspecified atom stereocenters. The van der Waals surface area contributed by atoms with E-state index >= 15 is 0 Å². The summed E-state index contributed by atoms with van der Waals surface area (Å²) >= 11 is 1.76. The number of hydrogen-bond acceptors (Lipinski definition) is 5. The largest absolute Gasteiger partial charge is 0.398 e. The smallest absolute Gasteiger partial charge is 0.246 e. The number of nitrogens with zero attached hydrogens (tertiary/aromatic N) is 2. The summed E-state index contributed by atoms with van der Waals surface area (Å²) in [4.78, 5) is 3.93. The first-order valence-electron chi connectivity index (χ1n) is 4.90. The lowest BCUT2D eigenvalue weighted by Crippen LogP contribution is -2.38. The topological polar surface area (TPSA) is 76.3 Å². The van der Waals surface area contributed by atoms with Crippen molar-refractivity contribution >= 4 is 27.5 Å². The fourth-order valence-electron chi connectivity index (χ4n) is 1.53. The zero-order chi connectivity index (χ0) is 11.6. The Labute approximate surface area is 99.1 Å². The number of rotatable bonds is 2. The van der Waals surface area contributed by atoms with E-state index in [1.54, 1.807) is 11.8 Å². The number of aromatic nitrogens is 1. The number of anilines is 1. The van der Waals surface area contributed by atoms with E-state index in [1.807, 2.05) is 0 Å². The molecular weight excluding hydrogens is 246 g/mol. The highest BCUT2D eigenvalue weighted by Crippen LogP contribution is 2.23. The number of thioether (sulfide) groups is 1. The third-order valence-corrected chi connectivity index (χ3v) is 5.29. The minimum absolute atomic E-state index is 0.113. The van der Waals surface area contributed by atoms with Gasteiger partial charge >= 0.3 is 0 Å². The van der Waals surface area contributed by atoms with Crippen molar-refractivity contribution in [3.8, 4) is 0 Å². The Balaban J connectivity index is 2.35. The van der Waals surface area contributed by atoms with E-state index in [2.05, 4.69) is 4.98 Å². The first-order valence-corrected chi connectivity index (χ1v) is 7.49. The summed E-state index contributed by atoms with van der Waals surface area (Å²) in [6, 6.07) is 1.51. The van der Waals surface area contributed by atoms with Gasteiger partial charge in [-0.2, -0.15) is 16.1 Å². The van der Waals surface area contributed by atoms with E-state index in [-0.39, 0.29) is 10.6 Å². The average molecular weight is 259 g/mol. The van der Waals surface area contributed by atoms with Crippen molar-refractivity contribution in [1.82, 2.24) is 9.29 Å². The molecule has 0 spiro atoms. The highest BCUT2D eigenvalue weighted by molar-refractivity contribution is 7.99. The fourth-order valence-corrected chi connectivity index (χ4v) is 4.17. The monoisotopic (exact) mass is 259 g/mol. The van der Waals surface area contributed by atoms with Gasteiger partial charge in [0, 0.05) is 37.0 Å². The maximum absolute atomic E-state index is 12.2. The Morgan fingerprint density at radius 1 is 1.38 bits per heavy atom. The van der Waals surface area contributed by atoms with Crippen molar-refractivity contribution in [2.75, 3.05) is 30.3 Å². The lowest BCUT2D eigenvalue weighted by Gasteiger charge is -2.25. The van der Waals surface area contributed by atoms with Crippen LogP contribution in [0.2, 0.25) is 0 Å². The predicted octanol–water partition coefficient (Wildman–Crippen LogP) is 0.401. The second-order valence-corrected chi connectivity index (χ2v) is 6.56. The summed E-state index contributed by atoms with van der Waals surface area (Å²) in [5.41, 5.74) is 5.92. The molecular formula is C9H13N3O2S2. The molecule has 5 nitrogen and oxygen atoms in total. The molecule has 7 heteroatoms. The fraction of sp³-hybridized carbons (Fsp3) is 0.444. The minimum atomic E-state index is -3.46. The second-order valence-electron chi connectivity index (χ2n) is 3.43. The molecule has 0 saturated carbocycles. The van der Waals surface area contributed by atoms with E-state index in [9.17, 15) is 8.42 Å². The molecule has 2 heterocycles. The van der Waals surface area contributed by atoms with Gasteiger partial charge in [-0.1, -0.05) is 0 Å². The summed E-state index contributed by atoms with van der Waals surface area (Å²) in [6.07, 6.45) is 2.80. The van der Waals surface area contributed by atoms with Crippen molar-refractivity contribution < 1.29 is 8.42 Å². The van der Waals surface area contributed by atoms with E-state index < -0.39 is 10.0 Å². The van der Waals surface area contributed by atoms with E-state index in [0.29, 0.717) is 13.1 Å². The van der Waals surface area contributed by atoms with Gasteiger partial charge in [0.2, 0.25) is 10.0 Å². The number of sulfonamides is 1. The van der Waals surface area contributed by atoms with Crippen molar-refractivity contribution in [3.05, 3.63) is 18.5 Å². The average Bonchev–Trinajstić information content (AvgIpc) is 2.30. The van der Waals surface area contributed by atoms with Gasteiger partial charge in [-0.3, -0.25) is 4.98 Å². The molecule has 88 valence electrons. The maximum atomic E-state index is 12.2. The van der Waals surface area contributed by atoms with Gasteiger partial charge in [-0.15, -0.1) is 0 Å². The molecule has 0 bridgehead atoms. The van der Waals surface area contributed by atoms with Crippen molar-refractivity contribution in [2.45, 2.75) is 4.90 Å². The molecule has 0 aliphatic carbocycles. The molecule has 0 atom stereocenters. The van der Waals surface area contributed by atoms with Gasteiger partial charge in [0.1, 0.15) is 4.90 Å². The van der Waals surface area contributed by atoms with Crippen LogP contribution >= 0.6 is 11.8 Å². The first kappa shape index (κ1) is 11.7. The molecule has 1 aliphatic heterocycles. The SMILES string of the molecule is Nc1ccncc1S(=O)(=O)N1CCSCC1. The van der Waals surface area contributed by atoms with Crippen LogP contribution in [0.5, 0.6) is 0 Å². The molecule has 2 N–H and O–H groups in total. The molecule has 1 fully saturated rings. The van der Waals surface area contributed by atoms with Crippen LogP contribution in [0.1, 0.15) is 0 Å². The Morgan fingerprint density at radius 2 is 2.06 bits per heavy atom. The predicted molar refractivity (Wildman–Crippen MR) is 64.7 cm³/mol. The van der Waals surface area contributed by atoms with Gasteiger partial charge in [0.05, 0.1) is 5.69 Å². The summed E-state index contributed by atoms with van der Waals surface area (Å²) in [7, 11) is -3.46. The van der Waals surface area contributed by atoms with Crippen LogP contribution in [0.3, 0.4) is 0 Å². The number of pyridine rings is 1. The Morgan fingerprint density at radius 3 is 2.69 bits per heavy atom. The Bertz CT molecular complexity index is 469. The van der Waals surface area contributed by atoms with Crippen molar-refractivity contribution in [1.29, 1.82) is 0 Å². The normalized spacial score (nSPS) is 18.5. The summed E-state index contributed by atoms with van der Waals surface area (Å²) < 4.78 is 25.9. The summed E-state index contributed by atoms with van der Waals surface area (Å²) in [5.74, 6) is 1.67. The second kappa shape index (κ2) is 4.60. The van der Waals surface area contributed by atoms with Crippen LogP contribution < -0.4 is 5.73 Å². The molecule has 1 aliphatic rings. The summed E-state index contributed by atoms with van der Waals surface area (Å²) in [5, 5.41) is 0. The van der Waals surface area contributed by atoms with Crippen molar-refractivity contribution in [3.63, 3.8) is 0 Å². The molecule has 2 rings (SSSR count). The van der Waals surface area contributed by atoms with Crippen LogP contribution in [-0.4, -0.2) is 42.3 Å². The van der Waals surface area contributed by atoms with E-state index in [0.717, 1.165) is 11.5 Å². The molecule has 16 heavy (non-hydrogen) atoms. The Hall–Kier alpha value is -0.790. The quantitative estimate of drug-likeness (QED) is 0.832. The van der Waals surface area contributed by atoms with Gasteiger partial charge in [0.25, 0.3) is 0 Å².